The highest BCUT2D eigenvalue weighted by Gasteiger charge is 2.24. The third-order valence-electron chi connectivity index (χ3n) is 2.46. The highest BCUT2D eigenvalue weighted by Crippen LogP contribution is 2.16. The Morgan fingerprint density at radius 1 is 1.56 bits per heavy atom. The number of amides is 3. The molecule has 8 nitrogen and oxygen atoms in total. The van der Waals surface area contributed by atoms with Gasteiger partial charge in [-0.05, 0) is 23.2 Å². The quantitative estimate of drug-likeness (QED) is 0.493. The molecule has 1 saturated heterocycles. The zero-order chi connectivity index (χ0) is 13.0. The van der Waals surface area contributed by atoms with E-state index in [-0.39, 0.29) is 18.9 Å². The second-order valence-corrected chi connectivity index (χ2v) is 3.67. The average molecular weight is 246 g/mol. The van der Waals surface area contributed by atoms with Crippen molar-refractivity contribution in [1.82, 2.24) is 10.3 Å². The minimum Gasteiger partial charge on any atom is -0.278 e. The number of pyridine rings is 1. The first-order valence-electron chi connectivity index (χ1n) is 5.28. The first-order valence-corrected chi connectivity index (χ1v) is 5.28. The Kier molecular flexibility index (Phi) is 3.40. The number of anilines is 1. The normalized spacial score (nSPS) is 15.0. The molecule has 2 rings (SSSR count). The van der Waals surface area contributed by atoms with Crippen molar-refractivity contribution in [2.24, 2.45) is 5.11 Å². The fourth-order valence-corrected chi connectivity index (χ4v) is 1.60. The van der Waals surface area contributed by atoms with Crippen molar-refractivity contribution in [2.45, 2.75) is 13.0 Å². The van der Waals surface area contributed by atoms with Crippen LogP contribution in [0.1, 0.15) is 12.0 Å². The van der Waals surface area contributed by atoms with Crippen LogP contribution in [0.3, 0.4) is 0 Å². The van der Waals surface area contributed by atoms with Gasteiger partial charge < -0.3 is 0 Å². The minimum atomic E-state index is -0.486. The smallest absolute Gasteiger partial charge is 0.278 e. The van der Waals surface area contributed by atoms with Gasteiger partial charge in [-0.25, -0.2) is 9.78 Å². The predicted octanol–water partition coefficient (Wildman–Crippen LogP) is 1.34. The molecule has 0 aliphatic carbocycles. The number of nitrogens with one attached hydrogen (secondary N) is 1. The lowest BCUT2D eigenvalue weighted by atomic mass is 10.2. The van der Waals surface area contributed by atoms with Gasteiger partial charge in [0.2, 0.25) is 5.91 Å². The number of nitrogens with zero attached hydrogens (tertiary/aromatic N) is 5. The van der Waals surface area contributed by atoms with Gasteiger partial charge in [0.15, 0.2) is 0 Å². The molecule has 0 radical (unpaired) electrons. The SMILES string of the molecule is [N-]=[N+]=NCc1ccnc(N2CCC(=O)NC2=O)c1. The van der Waals surface area contributed by atoms with E-state index in [1.165, 1.54) is 11.1 Å². The van der Waals surface area contributed by atoms with Crippen LogP contribution in [0.25, 0.3) is 10.4 Å². The van der Waals surface area contributed by atoms with Crippen molar-refractivity contribution in [2.75, 3.05) is 11.4 Å². The molecule has 1 aliphatic heterocycles. The summed E-state index contributed by atoms with van der Waals surface area (Å²) in [6.07, 6.45) is 1.77. The molecule has 0 saturated carbocycles. The molecule has 92 valence electrons. The Morgan fingerprint density at radius 3 is 3.11 bits per heavy atom. The summed E-state index contributed by atoms with van der Waals surface area (Å²) in [5.41, 5.74) is 9.00. The molecule has 0 spiro atoms. The molecule has 0 atom stereocenters. The lowest BCUT2D eigenvalue weighted by molar-refractivity contribution is -0.120. The van der Waals surface area contributed by atoms with E-state index < -0.39 is 6.03 Å². The van der Waals surface area contributed by atoms with Crippen molar-refractivity contribution in [1.29, 1.82) is 0 Å². The molecule has 0 aromatic carbocycles. The van der Waals surface area contributed by atoms with Crippen LogP contribution in [0.15, 0.2) is 23.4 Å². The van der Waals surface area contributed by atoms with Gasteiger partial charge in [0, 0.05) is 24.1 Å². The Balaban J connectivity index is 2.20. The number of carbonyl (C=O) groups is 2. The van der Waals surface area contributed by atoms with Gasteiger partial charge in [-0.2, -0.15) is 0 Å². The van der Waals surface area contributed by atoms with E-state index in [0.717, 1.165) is 5.56 Å². The van der Waals surface area contributed by atoms with Crippen molar-refractivity contribution in [3.8, 4) is 0 Å². The number of imide groups is 1. The molecule has 2 heterocycles. The van der Waals surface area contributed by atoms with Gasteiger partial charge in [-0.1, -0.05) is 5.11 Å². The number of hydrogen-bond acceptors (Lipinski definition) is 4. The molecule has 0 bridgehead atoms. The molecular weight excluding hydrogens is 236 g/mol. The summed E-state index contributed by atoms with van der Waals surface area (Å²) in [5.74, 6) is 0.145. The van der Waals surface area contributed by atoms with Crippen LogP contribution in [0.2, 0.25) is 0 Å². The fraction of sp³-hybridized carbons (Fsp3) is 0.300. The Hall–Kier alpha value is -2.60. The summed E-state index contributed by atoms with van der Waals surface area (Å²) < 4.78 is 0. The summed E-state index contributed by atoms with van der Waals surface area (Å²) in [7, 11) is 0. The minimum absolute atomic E-state index is 0.195. The zero-order valence-electron chi connectivity index (χ0n) is 9.41. The average Bonchev–Trinajstić information content (AvgIpc) is 2.36. The third-order valence-corrected chi connectivity index (χ3v) is 2.46. The molecule has 18 heavy (non-hydrogen) atoms. The van der Waals surface area contributed by atoms with Crippen LogP contribution in [0, 0.1) is 0 Å². The van der Waals surface area contributed by atoms with Crippen LogP contribution in [-0.2, 0) is 11.3 Å². The molecule has 1 fully saturated rings. The highest BCUT2D eigenvalue weighted by molar-refractivity contribution is 6.05. The van der Waals surface area contributed by atoms with Crippen molar-refractivity contribution < 1.29 is 9.59 Å². The second kappa shape index (κ2) is 5.15. The Labute approximate surface area is 102 Å². The van der Waals surface area contributed by atoms with Crippen LogP contribution in [-0.4, -0.2) is 23.5 Å². The maximum absolute atomic E-state index is 11.6. The van der Waals surface area contributed by atoms with Crippen LogP contribution >= 0.6 is 0 Å². The number of carbonyl (C=O) groups excluding carboxylic acids is 2. The maximum Gasteiger partial charge on any atom is 0.329 e. The summed E-state index contributed by atoms with van der Waals surface area (Å²) >= 11 is 0. The molecule has 0 unspecified atom stereocenters. The van der Waals surface area contributed by atoms with Gasteiger partial charge in [0.25, 0.3) is 0 Å². The van der Waals surface area contributed by atoms with Gasteiger partial charge >= 0.3 is 6.03 Å². The standard InChI is InChI=1S/C10H10N6O2/c11-15-13-6-7-1-3-12-8(5-7)16-4-2-9(17)14-10(16)18/h1,3,5H,2,4,6H2,(H,14,17,18). The Bertz CT molecular complexity index is 537. The molecule has 1 aliphatic rings. The number of rotatable bonds is 3. The van der Waals surface area contributed by atoms with Gasteiger partial charge in [0.1, 0.15) is 5.82 Å². The van der Waals surface area contributed by atoms with E-state index in [9.17, 15) is 9.59 Å². The van der Waals surface area contributed by atoms with Crippen molar-refractivity contribution >= 4 is 17.8 Å². The van der Waals surface area contributed by atoms with Gasteiger partial charge in [-0.15, -0.1) is 0 Å². The topological polar surface area (TPSA) is 111 Å². The molecule has 1 N–H and O–H groups in total. The summed E-state index contributed by atoms with van der Waals surface area (Å²) in [6.45, 7) is 0.489. The van der Waals surface area contributed by atoms with E-state index in [4.69, 9.17) is 5.53 Å². The zero-order valence-corrected chi connectivity index (χ0v) is 9.41. The summed E-state index contributed by atoms with van der Waals surface area (Å²) in [4.78, 5) is 30.7. The van der Waals surface area contributed by atoms with E-state index >= 15 is 0 Å². The summed E-state index contributed by atoms with van der Waals surface area (Å²) in [6, 6.07) is 2.87. The molecule has 1 aromatic rings. The van der Waals surface area contributed by atoms with E-state index in [1.807, 2.05) is 0 Å². The number of hydrogen-bond donors (Lipinski definition) is 1. The van der Waals surface area contributed by atoms with Crippen LogP contribution in [0.5, 0.6) is 0 Å². The Morgan fingerprint density at radius 2 is 2.39 bits per heavy atom. The molecule has 1 aromatic heterocycles. The molecule has 3 amide bonds. The first kappa shape index (κ1) is 11.9. The van der Waals surface area contributed by atoms with E-state index in [0.29, 0.717) is 12.4 Å². The molecular formula is C10H10N6O2. The maximum atomic E-state index is 11.6. The summed E-state index contributed by atoms with van der Waals surface area (Å²) in [5, 5.41) is 5.66. The number of azide groups is 1. The van der Waals surface area contributed by atoms with E-state index in [2.05, 4.69) is 20.3 Å². The van der Waals surface area contributed by atoms with Crippen LogP contribution < -0.4 is 10.2 Å². The number of aromatic nitrogens is 1. The first-order chi connectivity index (χ1) is 8.70. The van der Waals surface area contributed by atoms with Gasteiger partial charge in [-0.3, -0.25) is 15.0 Å². The number of urea groups is 1. The lowest BCUT2D eigenvalue weighted by Gasteiger charge is -2.25. The largest absolute Gasteiger partial charge is 0.329 e. The van der Waals surface area contributed by atoms with Crippen molar-refractivity contribution in [3.05, 3.63) is 34.3 Å². The highest BCUT2D eigenvalue weighted by atomic mass is 16.2. The third kappa shape index (κ3) is 2.55. The van der Waals surface area contributed by atoms with E-state index in [1.54, 1.807) is 12.1 Å². The second-order valence-electron chi connectivity index (χ2n) is 3.67. The monoisotopic (exact) mass is 246 g/mol. The lowest BCUT2D eigenvalue weighted by Crippen LogP contribution is -2.49. The van der Waals surface area contributed by atoms with Crippen molar-refractivity contribution in [3.63, 3.8) is 0 Å². The fourth-order valence-electron chi connectivity index (χ4n) is 1.60. The predicted molar refractivity (Wildman–Crippen MR) is 62.6 cm³/mol. The van der Waals surface area contributed by atoms with Gasteiger partial charge in [0.05, 0.1) is 6.54 Å². The molecule has 8 heteroatoms. The van der Waals surface area contributed by atoms with Crippen LogP contribution in [0.4, 0.5) is 10.6 Å².